The Morgan fingerprint density at radius 1 is 1.32 bits per heavy atom. The number of aromatic nitrogens is 1. The van der Waals surface area contributed by atoms with Crippen molar-refractivity contribution in [3.05, 3.63) is 58.9 Å². The van der Waals surface area contributed by atoms with Gasteiger partial charge in [0.05, 0.1) is 5.69 Å². The normalized spacial score (nSPS) is 19.5. The van der Waals surface area contributed by atoms with Gasteiger partial charge < -0.3 is 15.3 Å². The number of hydrogen-bond acceptors (Lipinski definition) is 4. The lowest BCUT2D eigenvalue weighted by Crippen LogP contribution is -2.55. The summed E-state index contributed by atoms with van der Waals surface area (Å²) < 4.78 is 0. The van der Waals surface area contributed by atoms with Crippen LogP contribution in [0, 0.1) is 0 Å². The molecule has 2 unspecified atom stereocenters. The number of amides is 2. The van der Waals surface area contributed by atoms with Gasteiger partial charge in [-0.05, 0) is 30.7 Å². The summed E-state index contributed by atoms with van der Waals surface area (Å²) in [5.74, 6) is -0.791. The summed E-state index contributed by atoms with van der Waals surface area (Å²) in [6.45, 7) is 2.42. The third kappa shape index (κ3) is 3.36. The first-order valence-electron chi connectivity index (χ1n) is 8.02. The number of nitrogens with one attached hydrogen (secondary N) is 1. The smallest absolute Gasteiger partial charge is 0.252 e. The van der Waals surface area contributed by atoms with E-state index >= 15 is 0 Å². The number of carbonyl (C=O) groups excluding carboxylic acids is 2. The third-order valence-corrected chi connectivity index (χ3v) is 4.36. The molecule has 0 radical (unpaired) electrons. The molecule has 7 heteroatoms. The van der Waals surface area contributed by atoms with E-state index in [0.717, 1.165) is 6.42 Å². The average molecular weight is 360 g/mol. The average Bonchev–Trinajstić information content (AvgIpc) is 2.62. The number of rotatable bonds is 4. The second-order valence-corrected chi connectivity index (χ2v) is 6.26. The first-order chi connectivity index (χ1) is 12.0. The van der Waals surface area contributed by atoms with Crippen molar-refractivity contribution in [2.45, 2.75) is 25.5 Å². The molecule has 1 aliphatic rings. The summed E-state index contributed by atoms with van der Waals surface area (Å²) in [6, 6.07) is 7.04. The zero-order valence-electron chi connectivity index (χ0n) is 13.6. The van der Waals surface area contributed by atoms with Crippen LogP contribution >= 0.6 is 11.6 Å². The van der Waals surface area contributed by atoms with Gasteiger partial charge in [-0.1, -0.05) is 24.6 Å². The fraction of sp³-hybridized carbons (Fsp3) is 0.278. The molecule has 0 spiro atoms. The highest BCUT2D eigenvalue weighted by Gasteiger charge is 2.40. The fourth-order valence-corrected chi connectivity index (χ4v) is 3.09. The summed E-state index contributed by atoms with van der Waals surface area (Å²) in [5.41, 5.74) is 1.53. The molecule has 2 atom stereocenters. The molecule has 130 valence electrons. The van der Waals surface area contributed by atoms with Crippen molar-refractivity contribution in [2.24, 2.45) is 0 Å². The van der Waals surface area contributed by atoms with Gasteiger partial charge in [0.15, 0.2) is 0 Å². The lowest BCUT2D eigenvalue weighted by molar-refractivity contribution is -0.123. The van der Waals surface area contributed by atoms with Crippen molar-refractivity contribution in [3.63, 3.8) is 0 Å². The number of fused-ring (bicyclic) bond motifs is 1. The molecular formula is C18H18ClN3O3. The molecule has 6 nitrogen and oxygen atoms in total. The van der Waals surface area contributed by atoms with E-state index in [-0.39, 0.29) is 5.91 Å². The van der Waals surface area contributed by atoms with Crippen molar-refractivity contribution >= 4 is 29.1 Å². The molecule has 2 amide bonds. The minimum atomic E-state index is -1.14. The van der Waals surface area contributed by atoms with Crippen LogP contribution in [0.15, 0.2) is 42.7 Å². The summed E-state index contributed by atoms with van der Waals surface area (Å²) >= 11 is 6.04. The number of aliphatic hydroxyl groups excluding tert-OH is 1. The Kier molecular flexibility index (Phi) is 5.01. The van der Waals surface area contributed by atoms with Crippen molar-refractivity contribution in [3.8, 4) is 0 Å². The number of benzene rings is 1. The molecule has 0 bridgehead atoms. The van der Waals surface area contributed by atoms with Crippen LogP contribution in [0.25, 0.3) is 0 Å². The number of anilines is 1. The quantitative estimate of drug-likeness (QED) is 0.877. The molecule has 1 aliphatic heterocycles. The van der Waals surface area contributed by atoms with E-state index in [1.807, 2.05) is 6.92 Å². The second-order valence-electron chi connectivity index (χ2n) is 5.82. The predicted octanol–water partition coefficient (Wildman–Crippen LogP) is 2.32. The molecule has 2 aromatic rings. The maximum atomic E-state index is 12.9. The van der Waals surface area contributed by atoms with Gasteiger partial charge in [-0.3, -0.25) is 14.6 Å². The molecule has 25 heavy (non-hydrogen) atoms. The van der Waals surface area contributed by atoms with Crippen molar-refractivity contribution in [2.75, 3.05) is 11.4 Å². The predicted molar refractivity (Wildman–Crippen MR) is 94.5 cm³/mol. The third-order valence-electron chi connectivity index (χ3n) is 4.13. The van der Waals surface area contributed by atoms with E-state index < -0.39 is 18.1 Å². The van der Waals surface area contributed by atoms with Gasteiger partial charge in [0, 0.05) is 35.1 Å². The number of nitrogens with zero attached hydrogens (tertiary/aromatic N) is 2. The molecule has 1 aromatic heterocycles. The Labute approximate surface area is 150 Å². The zero-order valence-corrected chi connectivity index (χ0v) is 14.4. The number of aliphatic hydroxyl groups is 1. The SMILES string of the molecule is CCCN1C(=O)C(NC(=O)c2ccncc2)C(O)c2ccc(Cl)cc21. The molecule has 1 aromatic carbocycles. The minimum absolute atomic E-state index is 0.355. The maximum Gasteiger partial charge on any atom is 0.252 e. The van der Waals surface area contributed by atoms with E-state index in [9.17, 15) is 14.7 Å². The maximum absolute atomic E-state index is 12.9. The Bertz CT molecular complexity index is 797. The highest BCUT2D eigenvalue weighted by atomic mass is 35.5. The number of hydrogen-bond donors (Lipinski definition) is 2. The second kappa shape index (κ2) is 7.21. The highest BCUT2D eigenvalue weighted by Crippen LogP contribution is 2.36. The summed E-state index contributed by atoms with van der Waals surface area (Å²) in [5, 5.41) is 13.8. The van der Waals surface area contributed by atoms with E-state index in [4.69, 9.17) is 11.6 Å². The Balaban J connectivity index is 1.93. The van der Waals surface area contributed by atoms with Crippen LogP contribution in [0.5, 0.6) is 0 Å². The Hall–Kier alpha value is -2.44. The summed E-state index contributed by atoms with van der Waals surface area (Å²) in [4.78, 5) is 30.7. The molecule has 0 fully saturated rings. The van der Waals surface area contributed by atoms with Crippen LogP contribution in [0.2, 0.25) is 5.02 Å². The van der Waals surface area contributed by atoms with E-state index in [1.54, 1.807) is 35.2 Å². The summed E-state index contributed by atoms with van der Waals surface area (Å²) in [7, 11) is 0. The van der Waals surface area contributed by atoms with Crippen LogP contribution in [-0.4, -0.2) is 34.5 Å². The van der Waals surface area contributed by atoms with Gasteiger partial charge in [-0.15, -0.1) is 0 Å². The van der Waals surface area contributed by atoms with Gasteiger partial charge in [0.1, 0.15) is 12.1 Å². The zero-order chi connectivity index (χ0) is 18.0. The number of halogens is 1. The van der Waals surface area contributed by atoms with Crippen LogP contribution in [0.4, 0.5) is 5.69 Å². The first kappa shape index (κ1) is 17.4. The first-order valence-corrected chi connectivity index (χ1v) is 8.40. The standard InChI is InChI=1S/C18H18ClN3O3/c1-2-9-22-14-10-12(19)3-4-13(14)16(23)15(18(22)25)21-17(24)11-5-7-20-8-6-11/h3-8,10,15-16,23H,2,9H2,1H3,(H,21,24). The van der Waals surface area contributed by atoms with Crippen molar-refractivity contribution < 1.29 is 14.7 Å². The molecule has 3 rings (SSSR count). The van der Waals surface area contributed by atoms with E-state index in [1.165, 1.54) is 12.4 Å². The van der Waals surface area contributed by atoms with E-state index in [2.05, 4.69) is 10.3 Å². The Morgan fingerprint density at radius 2 is 2.04 bits per heavy atom. The van der Waals surface area contributed by atoms with Gasteiger partial charge in [0.2, 0.25) is 0 Å². The summed E-state index contributed by atoms with van der Waals surface area (Å²) in [6.07, 6.45) is 2.58. The lowest BCUT2D eigenvalue weighted by Gasteiger charge is -2.37. The molecule has 2 heterocycles. The lowest BCUT2D eigenvalue weighted by atomic mass is 9.93. The van der Waals surface area contributed by atoms with E-state index in [0.29, 0.717) is 28.4 Å². The van der Waals surface area contributed by atoms with Crippen LogP contribution in [-0.2, 0) is 4.79 Å². The topological polar surface area (TPSA) is 82.5 Å². The van der Waals surface area contributed by atoms with Crippen LogP contribution in [0.1, 0.15) is 35.4 Å². The van der Waals surface area contributed by atoms with Gasteiger partial charge in [0.25, 0.3) is 11.8 Å². The molecule has 0 saturated heterocycles. The van der Waals surface area contributed by atoms with Crippen LogP contribution in [0.3, 0.4) is 0 Å². The molecular weight excluding hydrogens is 342 g/mol. The Morgan fingerprint density at radius 3 is 2.72 bits per heavy atom. The minimum Gasteiger partial charge on any atom is -0.386 e. The fourth-order valence-electron chi connectivity index (χ4n) is 2.92. The van der Waals surface area contributed by atoms with Gasteiger partial charge >= 0.3 is 0 Å². The molecule has 0 aliphatic carbocycles. The van der Waals surface area contributed by atoms with Crippen molar-refractivity contribution in [1.82, 2.24) is 10.3 Å². The number of carbonyl (C=O) groups is 2. The molecule has 2 N–H and O–H groups in total. The number of pyridine rings is 1. The van der Waals surface area contributed by atoms with Gasteiger partial charge in [-0.25, -0.2) is 0 Å². The monoisotopic (exact) mass is 359 g/mol. The van der Waals surface area contributed by atoms with Gasteiger partial charge in [-0.2, -0.15) is 0 Å². The van der Waals surface area contributed by atoms with Crippen molar-refractivity contribution in [1.29, 1.82) is 0 Å². The largest absolute Gasteiger partial charge is 0.386 e. The van der Waals surface area contributed by atoms with Crippen LogP contribution < -0.4 is 10.2 Å². The highest BCUT2D eigenvalue weighted by molar-refractivity contribution is 6.31. The molecule has 0 saturated carbocycles.